The molecule has 1 fully saturated rings. The Hall–Kier alpha value is -3.21. The molecule has 2 heterocycles. The van der Waals surface area contributed by atoms with Gasteiger partial charge < -0.3 is 21.2 Å². The third kappa shape index (κ3) is 4.20. The van der Waals surface area contributed by atoms with Crippen molar-refractivity contribution in [3.05, 3.63) is 34.9 Å². The molecule has 1 saturated carbocycles. The summed E-state index contributed by atoms with van der Waals surface area (Å²) in [6, 6.07) is 2.03. The molecular weight excluding hydrogens is 320 g/mol. The number of carbonyl (C=O) groups is 1. The molecule has 2 aromatic heterocycles. The molecule has 0 amide bonds. The largest absolute Gasteiger partial charge is 0.464 e. The number of anilines is 1. The molecule has 3 rings (SSSR count). The molecule has 25 heavy (non-hydrogen) atoms. The van der Waals surface area contributed by atoms with E-state index < -0.39 is 5.97 Å². The molecule has 0 unspecified atom stereocenters. The van der Waals surface area contributed by atoms with Gasteiger partial charge in [0.05, 0.1) is 25.5 Å². The van der Waals surface area contributed by atoms with Crippen LogP contribution in [0.2, 0.25) is 0 Å². The summed E-state index contributed by atoms with van der Waals surface area (Å²) in [6.45, 7) is 0.502. The van der Waals surface area contributed by atoms with E-state index in [2.05, 4.69) is 31.9 Å². The van der Waals surface area contributed by atoms with E-state index in [1.165, 1.54) is 30.8 Å². The number of hydrogen-bond donors (Lipinski definition) is 3. The normalized spacial score (nSPS) is 14.0. The monoisotopic (exact) mass is 340 g/mol. The summed E-state index contributed by atoms with van der Waals surface area (Å²) in [5.74, 6) is 6.56. The fraction of sp³-hybridized carbons (Fsp3) is 0.353. The molecule has 130 valence electrons. The number of esters is 1. The molecule has 8 heteroatoms. The van der Waals surface area contributed by atoms with E-state index in [0.717, 1.165) is 11.3 Å². The van der Waals surface area contributed by atoms with Crippen molar-refractivity contribution in [2.24, 2.45) is 5.73 Å². The zero-order valence-electron chi connectivity index (χ0n) is 14.0. The number of rotatable bonds is 5. The minimum absolute atomic E-state index is 0.171. The molecule has 0 aromatic carbocycles. The summed E-state index contributed by atoms with van der Waals surface area (Å²) in [5.41, 5.74) is 14.6. The van der Waals surface area contributed by atoms with Gasteiger partial charge in [0.25, 0.3) is 0 Å². The molecular formula is C17H20N6O2. The number of nitrogens with zero attached hydrogens (tertiary/aromatic N) is 3. The number of aryl methyl sites for hydroxylation is 1. The Balaban J connectivity index is 1.55. The van der Waals surface area contributed by atoms with E-state index in [4.69, 9.17) is 11.5 Å². The number of aromatic nitrogens is 4. The highest BCUT2D eigenvalue weighted by Crippen LogP contribution is 2.40. The Bertz CT molecular complexity index is 863. The summed E-state index contributed by atoms with van der Waals surface area (Å²) >= 11 is 0. The van der Waals surface area contributed by atoms with Crippen LogP contribution in [0.5, 0.6) is 0 Å². The molecule has 5 N–H and O–H groups in total. The van der Waals surface area contributed by atoms with Crippen LogP contribution in [0.3, 0.4) is 0 Å². The summed E-state index contributed by atoms with van der Waals surface area (Å²) in [4.78, 5) is 14.5. The van der Waals surface area contributed by atoms with Crippen LogP contribution in [-0.2, 0) is 11.3 Å². The molecule has 0 radical (unpaired) electrons. The summed E-state index contributed by atoms with van der Waals surface area (Å²) in [5, 5.41) is 7.56. The van der Waals surface area contributed by atoms with Gasteiger partial charge in [0.15, 0.2) is 5.69 Å². The van der Waals surface area contributed by atoms with E-state index in [1.807, 2.05) is 6.07 Å². The van der Waals surface area contributed by atoms with Crippen LogP contribution >= 0.6 is 0 Å². The first-order valence-corrected chi connectivity index (χ1v) is 7.99. The maximum Gasteiger partial charge on any atom is 0.360 e. The minimum Gasteiger partial charge on any atom is -0.464 e. The number of H-pyrrole nitrogens is 1. The van der Waals surface area contributed by atoms with Crippen LogP contribution in [0, 0.1) is 11.8 Å². The van der Waals surface area contributed by atoms with Gasteiger partial charge in [0.2, 0.25) is 0 Å². The second-order valence-electron chi connectivity index (χ2n) is 5.88. The number of carbonyl (C=O) groups excluding carboxylic acids is 1. The van der Waals surface area contributed by atoms with Crippen LogP contribution in [0.15, 0.2) is 18.0 Å². The Morgan fingerprint density at radius 3 is 3.08 bits per heavy atom. The molecule has 0 aliphatic heterocycles. The lowest BCUT2D eigenvalue weighted by atomic mass is 10.2. The molecule has 0 saturated heterocycles. The van der Waals surface area contributed by atoms with Gasteiger partial charge in [-0.05, 0) is 36.8 Å². The van der Waals surface area contributed by atoms with Crippen molar-refractivity contribution in [2.45, 2.75) is 31.7 Å². The van der Waals surface area contributed by atoms with Crippen LogP contribution < -0.4 is 11.5 Å². The Labute approximate surface area is 145 Å². The van der Waals surface area contributed by atoms with E-state index >= 15 is 0 Å². The maximum atomic E-state index is 11.3. The fourth-order valence-electron chi connectivity index (χ4n) is 2.39. The Morgan fingerprint density at radius 1 is 1.56 bits per heavy atom. The van der Waals surface area contributed by atoms with Crippen molar-refractivity contribution in [2.75, 3.05) is 12.8 Å². The average molecular weight is 340 g/mol. The predicted octanol–water partition coefficient (Wildman–Crippen LogP) is 1.25. The molecule has 1 aliphatic carbocycles. The van der Waals surface area contributed by atoms with Gasteiger partial charge in [-0.25, -0.2) is 4.79 Å². The van der Waals surface area contributed by atoms with E-state index in [9.17, 15) is 4.79 Å². The lowest BCUT2D eigenvalue weighted by molar-refractivity contribution is 0.0594. The van der Waals surface area contributed by atoms with Crippen molar-refractivity contribution < 1.29 is 9.53 Å². The van der Waals surface area contributed by atoms with Gasteiger partial charge in [-0.15, -0.1) is 5.10 Å². The molecule has 1 aliphatic rings. The Morgan fingerprint density at radius 2 is 2.36 bits per heavy atom. The summed E-state index contributed by atoms with van der Waals surface area (Å²) < 4.78 is 6.11. The van der Waals surface area contributed by atoms with Crippen LogP contribution in [0.4, 0.5) is 5.82 Å². The van der Waals surface area contributed by atoms with Gasteiger partial charge in [0, 0.05) is 17.7 Å². The third-order valence-electron chi connectivity index (χ3n) is 3.86. The maximum absolute atomic E-state index is 11.3. The SMILES string of the molecule is COC(=O)c1cn(CCC#C/C(N)=C/c2cc(C3CC3)[nH]c2N)nn1. The first-order valence-electron chi connectivity index (χ1n) is 7.99. The molecule has 8 nitrogen and oxygen atoms in total. The van der Waals surface area contributed by atoms with E-state index in [-0.39, 0.29) is 5.69 Å². The topological polar surface area (TPSA) is 125 Å². The lowest BCUT2D eigenvalue weighted by Crippen LogP contribution is -2.01. The van der Waals surface area contributed by atoms with Crippen LogP contribution in [0.1, 0.15) is 46.9 Å². The van der Waals surface area contributed by atoms with Crippen molar-refractivity contribution >= 4 is 17.9 Å². The first-order chi connectivity index (χ1) is 12.1. The number of allylic oxidation sites excluding steroid dienone is 1. The summed E-state index contributed by atoms with van der Waals surface area (Å²) in [7, 11) is 1.30. The second kappa shape index (κ2) is 7.13. The number of hydrogen-bond acceptors (Lipinski definition) is 6. The number of nitrogens with two attached hydrogens (primary N) is 2. The first kappa shape index (κ1) is 16.6. The van der Waals surface area contributed by atoms with Crippen LogP contribution in [0.25, 0.3) is 6.08 Å². The van der Waals surface area contributed by atoms with Crippen molar-refractivity contribution in [3.63, 3.8) is 0 Å². The van der Waals surface area contributed by atoms with Gasteiger partial charge in [-0.2, -0.15) is 0 Å². The average Bonchev–Trinajstić information content (AvgIpc) is 3.24. The zero-order valence-corrected chi connectivity index (χ0v) is 14.0. The molecule has 0 bridgehead atoms. The lowest BCUT2D eigenvalue weighted by Gasteiger charge is -1.94. The predicted molar refractivity (Wildman–Crippen MR) is 93.1 cm³/mol. The number of ether oxygens (including phenoxy) is 1. The van der Waals surface area contributed by atoms with Gasteiger partial charge >= 0.3 is 5.97 Å². The van der Waals surface area contributed by atoms with Crippen LogP contribution in [-0.4, -0.2) is 33.1 Å². The number of methoxy groups -OCH3 is 1. The standard InChI is InChI=1S/C17H20N6O2/c1-25-17(24)15-10-23(22-21-15)7-3-2-4-13(18)8-12-9-14(11-5-6-11)20-16(12)19/h8-11,20H,3,5-7,18-19H2,1H3/b13-8-. The quantitative estimate of drug-likeness (QED) is 0.555. The third-order valence-corrected chi connectivity index (χ3v) is 3.86. The molecule has 2 aromatic rings. The van der Waals surface area contributed by atoms with E-state index in [1.54, 1.807) is 6.08 Å². The minimum atomic E-state index is -0.515. The number of aromatic amines is 1. The summed E-state index contributed by atoms with van der Waals surface area (Å²) in [6.07, 6.45) is 6.23. The molecule has 0 atom stereocenters. The highest BCUT2D eigenvalue weighted by molar-refractivity contribution is 5.86. The van der Waals surface area contributed by atoms with Crippen molar-refractivity contribution in [1.82, 2.24) is 20.0 Å². The van der Waals surface area contributed by atoms with Gasteiger partial charge in [-0.3, -0.25) is 4.68 Å². The smallest absolute Gasteiger partial charge is 0.360 e. The fourth-order valence-corrected chi connectivity index (χ4v) is 2.39. The second-order valence-corrected chi connectivity index (χ2v) is 5.88. The van der Waals surface area contributed by atoms with E-state index in [0.29, 0.717) is 30.4 Å². The highest BCUT2D eigenvalue weighted by Gasteiger charge is 2.25. The highest BCUT2D eigenvalue weighted by atomic mass is 16.5. The number of nitrogen functional groups attached to an aromatic ring is 1. The number of nitrogens with one attached hydrogen (secondary N) is 1. The Kier molecular flexibility index (Phi) is 4.75. The zero-order chi connectivity index (χ0) is 17.8. The van der Waals surface area contributed by atoms with Crippen molar-refractivity contribution in [3.8, 4) is 11.8 Å². The molecule has 0 spiro atoms. The van der Waals surface area contributed by atoms with Gasteiger partial charge in [-0.1, -0.05) is 11.1 Å². The van der Waals surface area contributed by atoms with Gasteiger partial charge in [0.1, 0.15) is 5.82 Å². The van der Waals surface area contributed by atoms with Crippen molar-refractivity contribution in [1.29, 1.82) is 0 Å².